The van der Waals surface area contributed by atoms with E-state index in [1.807, 2.05) is 0 Å². The Balaban J connectivity index is 2.77. The summed E-state index contributed by atoms with van der Waals surface area (Å²) < 4.78 is 0. The number of fused-ring (bicyclic) bond motifs is 2. The quantitative estimate of drug-likeness (QED) is 0.628. The molecule has 0 nitrogen and oxygen atoms in total. The third-order valence-electron chi connectivity index (χ3n) is 2.18. The van der Waals surface area contributed by atoms with Gasteiger partial charge in [0.15, 0.2) is 0 Å². The minimum atomic E-state index is 0.618. The molecule has 1 aromatic rings. The van der Waals surface area contributed by atoms with Gasteiger partial charge in [0.2, 0.25) is 0 Å². The minimum Gasteiger partial charge on any atom is -0.0696 e. The lowest BCUT2D eigenvalue weighted by atomic mass is 10.3. The van der Waals surface area contributed by atoms with Gasteiger partial charge < -0.3 is 0 Å². The van der Waals surface area contributed by atoms with E-state index in [9.17, 15) is 0 Å². The van der Waals surface area contributed by atoms with Crippen molar-refractivity contribution in [2.45, 2.75) is 0 Å². The summed E-state index contributed by atoms with van der Waals surface area (Å²) >= 11 is 0. The molecule has 22 heavy (non-hydrogen) atoms. The second-order valence-corrected chi connectivity index (χ2v) is 3.77. The van der Waals surface area contributed by atoms with Crippen LogP contribution >= 0.6 is 0 Å². The van der Waals surface area contributed by atoms with Crippen molar-refractivity contribution < 1.29 is 0 Å². The van der Waals surface area contributed by atoms with Crippen LogP contribution in [0.1, 0.15) is 0 Å². The summed E-state index contributed by atoms with van der Waals surface area (Å²) in [7, 11) is 0. The van der Waals surface area contributed by atoms with Crippen LogP contribution in [0.25, 0.3) is 12.2 Å². The molecule has 0 unspecified atom stereocenters. The molecule has 96 valence electrons. The molecule has 0 spiro atoms. The highest BCUT2D eigenvalue weighted by Crippen LogP contribution is 1.70. The van der Waals surface area contributed by atoms with E-state index in [0.29, 0.717) is 10.4 Å². The van der Waals surface area contributed by atoms with Crippen LogP contribution in [-0.4, -0.2) is 0 Å². The number of hydrogen-bond donors (Lipinski definition) is 0. The summed E-state index contributed by atoms with van der Waals surface area (Å²) in [5.41, 5.74) is 0. The summed E-state index contributed by atoms with van der Waals surface area (Å²) in [6, 6.07) is 29.9. The van der Waals surface area contributed by atoms with Gasteiger partial charge in [-0.25, -0.2) is 0 Å². The van der Waals surface area contributed by atoms with Gasteiger partial charge in [-0.3, -0.25) is 0 Å². The van der Waals surface area contributed by atoms with E-state index >= 15 is 0 Å². The largest absolute Gasteiger partial charge is 0.0834 e. The van der Waals surface area contributed by atoms with Crippen LogP contribution in [-0.2, 0) is 0 Å². The Morgan fingerprint density at radius 2 is 0.909 bits per heavy atom. The molecule has 1 aliphatic rings. The van der Waals surface area contributed by atoms with E-state index < -0.39 is 0 Å². The minimum absolute atomic E-state index is 0.618. The second-order valence-electron chi connectivity index (χ2n) is 3.77. The predicted molar refractivity (Wildman–Crippen MR) is 85.3 cm³/mol. The maximum absolute atomic E-state index is 2.97. The standard InChI is InChI=1S/C22H8/c1-2-4-8-12-16-22-18-14-10-6-5-9-13-17-21(19-20-22)15-11-7-3-1/h3-8,17-18H/b6-5-,7-3?,8-4?,21-17-,22-18+. The lowest BCUT2D eigenvalue weighted by Crippen LogP contribution is -1.95. The number of rotatable bonds is 0. The third-order valence-corrected chi connectivity index (χ3v) is 2.18. The fourth-order valence-corrected chi connectivity index (χ4v) is 1.25. The lowest BCUT2D eigenvalue weighted by molar-refractivity contribution is 1.67. The van der Waals surface area contributed by atoms with Crippen molar-refractivity contribution in [2.24, 2.45) is 0 Å². The van der Waals surface area contributed by atoms with Crippen molar-refractivity contribution >= 4 is 12.2 Å². The molecule has 0 fully saturated rings. The average molecular weight is 272 g/mol. The van der Waals surface area contributed by atoms with E-state index in [0.717, 1.165) is 0 Å². The van der Waals surface area contributed by atoms with Crippen molar-refractivity contribution in [1.82, 2.24) is 0 Å². The molecule has 1 aliphatic carbocycles. The maximum Gasteiger partial charge on any atom is 0.0834 e. The highest BCUT2D eigenvalue weighted by molar-refractivity contribution is 5.48. The molecular formula is C22H8. The van der Waals surface area contributed by atoms with Crippen molar-refractivity contribution in [1.29, 1.82) is 0 Å². The Morgan fingerprint density at radius 3 is 1.41 bits per heavy atom. The van der Waals surface area contributed by atoms with E-state index in [1.54, 1.807) is 48.6 Å². The van der Waals surface area contributed by atoms with Gasteiger partial charge in [0.05, 0.1) is 10.4 Å². The van der Waals surface area contributed by atoms with Gasteiger partial charge in [-0.15, -0.1) is 0 Å². The first kappa shape index (κ1) is 14.5. The van der Waals surface area contributed by atoms with E-state index in [4.69, 9.17) is 0 Å². The molecule has 0 N–H and O–H groups in total. The maximum atomic E-state index is 2.97. The molecule has 1 aromatic carbocycles. The molecule has 0 heteroatoms. The monoisotopic (exact) mass is 272 g/mol. The number of hydrogen-bond acceptors (Lipinski definition) is 0. The molecule has 0 amide bonds. The van der Waals surface area contributed by atoms with Gasteiger partial charge in [-0.1, -0.05) is 72.2 Å². The summed E-state index contributed by atoms with van der Waals surface area (Å²) in [5, 5.41) is 1.24. The van der Waals surface area contributed by atoms with Crippen LogP contribution in [0.4, 0.5) is 0 Å². The van der Waals surface area contributed by atoms with E-state index in [-0.39, 0.29) is 0 Å². The van der Waals surface area contributed by atoms with Crippen LogP contribution in [0, 0.1) is 72.2 Å². The smallest absolute Gasteiger partial charge is 0.0696 e. The fourth-order valence-electron chi connectivity index (χ4n) is 1.25. The van der Waals surface area contributed by atoms with Crippen LogP contribution < -0.4 is 10.4 Å². The van der Waals surface area contributed by atoms with Crippen LogP contribution in [0.15, 0.2) is 36.4 Å². The first-order chi connectivity index (χ1) is 10.9. The zero-order chi connectivity index (χ0) is 15.3. The van der Waals surface area contributed by atoms with E-state index in [2.05, 4.69) is 72.2 Å². The predicted octanol–water partition coefficient (Wildman–Crippen LogP) is 1.47. The zero-order valence-electron chi connectivity index (χ0n) is 11.6. The highest BCUT2D eigenvalue weighted by atomic mass is 13.7. The molecule has 2 bridgehead atoms. The Bertz CT molecular complexity index is 816. The van der Waals surface area contributed by atoms with Crippen molar-refractivity contribution in [3.8, 4) is 23.7 Å². The first-order valence-electron chi connectivity index (χ1n) is 6.39. The average Bonchev–Trinajstić information content (AvgIpc) is 2.52. The van der Waals surface area contributed by atoms with Crippen LogP contribution in [0.2, 0.25) is 0 Å². The van der Waals surface area contributed by atoms with Crippen molar-refractivity contribution in [3.05, 3.63) is 95.4 Å². The SMILES string of the molecule is C1#C/C=c2/c#cccc#cccc#c/c(c#c2)=C\C#C/C=C\1. The summed E-state index contributed by atoms with van der Waals surface area (Å²) in [6.45, 7) is 0. The molecule has 0 saturated heterocycles. The molecule has 0 saturated carbocycles. The first-order valence-corrected chi connectivity index (χ1v) is 6.39. The van der Waals surface area contributed by atoms with Crippen LogP contribution in [0.3, 0.4) is 0 Å². The molecule has 0 atom stereocenters. The van der Waals surface area contributed by atoms with Gasteiger partial charge in [0.1, 0.15) is 0 Å². The molecule has 0 radical (unpaired) electrons. The molecular weight excluding hydrogens is 264 g/mol. The summed E-state index contributed by atoms with van der Waals surface area (Å²) in [6.07, 6.45) is 6.71. The number of allylic oxidation sites excluding steroid dienone is 2. The Labute approximate surface area is 131 Å². The summed E-state index contributed by atoms with van der Waals surface area (Å²) in [5.74, 6) is 11.4. The van der Waals surface area contributed by atoms with Gasteiger partial charge in [-0.05, 0) is 36.4 Å². The topological polar surface area (TPSA) is 0 Å². The van der Waals surface area contributed by atoms with Gasteiger partial charge in [0, 0.05) is 12.2 Å². The Morgan fingerprint density at radius 1 is 0.455 bits per heavy atom. The fraction of sp³-hybridized carbons (Fsp3) is 0. The molecule has 0 aromatic heterocycles. The van der Waals surface area contributed by atoms with Crippen molar-refractivity contribution in [3.63, 3.8) is 0 Å². The Kier molecular flexibility index (Phi) is 5.95. The normalized spacial score (nSPS) is 13.5. The lowest BCUT2D eigenvalue weighted by Gasteiger charge is -1.69. The third kappa shape index (κ3) is 5.80. The van der Waals surface area contributed by atoms with Crippen LogP contribution in [0.5, 0.6) is 0 Å². The molecule has 2 rings (SSSR count). The second kappa shape index (κ2) is 9.04. The zero-order valence-corrected chi connectivity index (χ0v) is 11.6. The van der Waals surface area contributed by atoms with E-state index in [1.165, 1.54) is 0 Å². The van der Waals surface area contributed by atoms with Gasteiger partial charge in [-0.2, -0.15) is 0 Å². The van der Waals surface area contributed by atoms with Gasteiger partial charge in [0.25, 0.3) is 0 Å². The highest BCUT2D eigenvalue weighted by Gasteiger charge is 1.70. The molecule has 0 heterocycles. The van der Waals surface area contributed by atoms with Gasteiger partial charge >= 0.3 is 0 Å². The molecule has 0 aliphatic heterocycles. The van der Waals surface area contributed by atoms with Crippen molar-refractivity contribution in [2.75, 3.05) is 0 Å². The Hall–Kier alpha value is -3.94. The summed E-state index contributed by atoms with van der Waals surface area (Å²) in [4.78, 5) is 0.